The lowest BCUT2D eigenvalue weighted by Crippen LogP contribution is -2.03. The van der Waals surface area contributed by atoms with Crippen molar-refractivity contribution in [1.82, 2.24) is 4.98 Å². The van der Waals surface area contributed by atoms with Crippen LogP contribution in [0.5, 0.6) is 0 Å². The number of aromatic nitrogens is 1. The number of benzene rings is 1. The first-order valence-corrected chi connectivity index (χ1v) is 5.63. The molecular weight excluding hydrogens is 270 g/mol. The number of pyridine rings is 1. The average Bonchev–Trinajstić information content (AvgIpc) is 2.19. The van der Waals surface area contributed by atoms with Gasteiger partial charge >= 0.3 is 5.97 Å². The van der Waals surface area contributed by atoms with Gasteiger partial charge < -0.3 is 5.11 Å². The van der Waals surface area contributed by atoms with E-state index in [0.29, 0.717) is 0 Å². The predicted octanol–water partition coefficient (Wildman–Crippen LogP) is 2.93. The highest BCUT2D eigenvalue weighted by Gasteiger charge is 2.07. The number of fused-ring (bicyclic) bond motifs is 1. The minimum Gasteiger partial charge on any atom is -0.481 e. The van der Waals surface area contributed by atoms with Gasteiger partial charge in [0, 0.05) is 15.6 Å². The largest absolute Gasteiger partial charge is 0.481 e. The molecule has 1 N–H and O–H groups in total. The molecule has 0 unspecified atom stereocenters. The number of carbonyl (C=O) groups is 1. The van der Waals surface area contributed by atoms with Crippen molar-refractivity contribution in [3.63, 3.8) is 0 Å². The Morgan fingerprint density at radius 1 is 1.44 bits per heavy atom. The van der Waals surface area contributed by atoms with Crippen molar-refractivity contribution in [1.29, 1.82) is 0 Å². The number of hydrogen-bond donors (Lipinski definition) is 1. The molecule has 2 rings (SSSR count). The van der Waals surface area contributed by atoms with Crippen LogP contribution in [0.4, 0.5) is 0 Å². The van der Waals surface area contributed by atoms with E-state index in [-0.39, 0.29) is 6.42 Å². The van der Waals surface area contributed by atoms with Gasteiger partial charge in [-0.1, -0.05) is 15.9 Å². The van der Waals surface area contributed by atoms with E-state index in [1.807, 2.05) is 31.2 Å². The number of carboxylic acid groups (broad SMARTS) is 1. The van der Waals surface area contributed by atoms with Crippen LogP contribution in [-0.4, -0.2) is 16.1 Å². The summed E-state index contributed by atoms with van der Waals surface area (Å²) < 4.78 is 0.965. The number of rotatable bonds is 2. The van der Waals surface area contributed by atoms with Crippen LogP contribution in [0.15, 0.2) is 28.7 Å². The Bertz CT molecular complexity index is 566. The molecule has 3 nitrogen and oxygen atoms in total. The molecule has 4 heteroatoms. The molecule has 0 bridgehead atoms. The molecule has 0 fully saturated rings. The van der Waals surface area contributed by atoms with Crippen LogP contribution in [0, 0.1) is 6.92 Å². The van der Waals surface area contributed by atoms with E-state index >= 15 is 0 Å². The highest BCUT2D eigenvalue weighted by Crippen LogP contribution is 2.21. The van der Waals surface area contributed by atoms with E-state index in [0.717, 1.165) is 26.6 Å². The molecule has 1 aromatic heterocycles. The first-order valence-electron chi connectivity index (χ1n) is 4.84. The second kappa shape index (κ2) is 4.22. The summed E-state index contributed by atoms with van der Waals surface area (Å²) in [5, 5.41) is 9.74. The molecule has 0 amide bonds. The molecule has 0 aliphatic rings. The fourth-order valence-corrected chi connectivity index (χ4v) is 2.01. The predicted molar refractivity (Wildman–Crippen MR) is 65.5 cm³/mol. The van der Waals surface area contributed by atoms with Gasteiger partial charge in [0.1, 0.15) is 0 Å². The van der Waals surface area contributed by atoms with E-state index in [1.165, 1.54) is 0 Å². The Morgan fingerprint density at radius 2 is 2.19 bits per heavy atom. The van der Waals surface area contributed by atoms with Crippen molar-refractivity contribution < 1.29 is 9.90 Å². The van der Waals surface area contributed by atoms with E-state index in [1.54, 1.807) is 0 Å². The van der Waals surface area contributed by atoms with Gasteiger partial charge in [-0.25, -0.2) is 0 Å². The molecule has 1 heterocycles. The Kier molecular flexibility index (Phi) is 2.92. The standard InChI is InChI=1S/C12H10BrNO2/c1-7-8(6-12(15)16)4-9-5-10(13)2-3-11(9)14-7/h2-5H,6H2,1H3,(H,15,16). The van der Waals surface area contributed by atoms with Crippen LogP contribution in [0.3, 0.4) is 0 Å². The molecule has 0 aliphatic heterocycles. The first kappa shape index (κ1) is 11.1. The number of carboxylic acids is 1. The normalized spacial score (nSPS) is 10.6. The molecule has 0 saturated heterocycles. The lowest BCUT2D eigenvalue weighted by atomic mass is 10.1. The topological polar surface area (TPSA) is 50.2 Å². The highest BCUT2D eigenvalue weighted by atomic mass is 79.9. The van der Waals surface area contributed by atoms with Gasteiger partial charge in [-0.3, -0.25) is 9.78 Å². The summed E-state index contributed by atoms with van der Waals surface area (Å²) >= 11 is 3.38. The summed E-state index contributed by atoms with van der Waals surface area (Å²) in [6.45, 7) is 1.83. The van der Waals surface area contributed by atoms with Gasteiger partial charge in [-0.15, -0.1) is 0 Å². The fraction of sp³-hybridized carbons (Fsp3) is 0.167. The molecule has 0 saturated carbocycles. The SMILES string of the molecule is Cc1nc2ccc(Br)cc2cc1CC(=O)O. The van der Waals surface area contributed by atoms with Crippen molar-refractivity contribution in [2.75, 3.05) is 0 Å². The lowest BCUT2D eigenvalue weighted by Gasteiger charge is -2.05. The van der Waals surface area contributed by atoms with E-state index < -0.39 is 5.97 Å². The Hall–Kier alpha value is -1.42. The second-order valence-electron chi connectivity index (χ2n) is 3.64. The zero-order chi connectivity index (χ0) is 11.7. The molecule has 0 aliphatic carbocycles. The molecule has 1 aromatic carbocycles. The number of aliphatic carboxylic acids is 1. The lowest BCUT2D eigenvalue weighted by molar-refractivity contribution is -0.136. The zero-order valence-corrected chi connectivity index (χ0v) is 10.3. The first-order chi connectivity index (χ1) is 7.56. The molecule has 0 radical (unpaired) electrons. The fourth-order valence-electron chi connectivity index (χ4n) is 1.63. The maximum atomic E-state index is 10.7. The molecule has 82 valence electrons. The van der Waals surface area contributed by atoms with Gasteiger partial charge in [0.05, 0.1) is 11.9 Å². The van der Waals surface area contributed by atoms with Gasteiger partial charge in [0.15, 0.2) is 0 Å². The minimum absolute atomic E-state index is 0.0152. The summed E-state index contributed by atoms with van der Waals surface area (Å²) in [5.74, 6) is -0.834. The Morgan fingerprint density at radius 3 is 2.88 bits per heavy atom. The molecule has 0 atom stereocenters. The number of nitrogens with zero attached hydrogens (tertiary/aromatic N) is 1. The number of halogens is 1. The molecule has 2 aromatic rings. The van der Waals surface area contributed by atoms with Crippen molar-refractivity contribution in [2.45, 2.75) is 13.3 Å². The Balaban J connectivity index is 2.59. The maximum absolute atomic E-state index is 10.7. The monoisotopic (exact) mass is 279 g/mol. The Labute approximate surface area is 101 Å². The highest BCUT2D eigenvalue weighted by molar-refractivity contribution is 9.10. The third kappa shape index (κ3) is 2.22. The van der Waals surface area contributed by atoms with E-state index in [2.05, 4.69) is 20.9 Å². The van der Waals surface area contributed by atoms with Crippen LogP contribution < -0.4 is 0 Å². The van der Waals surface area contributed by atoms with Crippen LogP contribution in [-0.2, 0) is 11.2 Å². The average molecular weight is 280 g/mol. The van der Waals surface area contributed by atoms with Gasteiger partial charge in [-0.05, 0) is 36.8 Å². The smallest absolute Gasteiger partial charge is 0.307 e. The summed E-state index contributed by atoms with van der Waals surface area (Å²) in [6, 6.07) is 7.66. The van der Waals surface area contributed by atoms with Crippen LogP contribution in [0.25, 0.3) is 10.9 Å². The summed E-state index contributed by atoms with van der Waals surface area (Å²) in [7, 11) is 0. The van der Waals surface area contributed by atoms with Gasteiger partial charge in [-0.2, -0.15) is 0 Å². The zero-order valence-electron chi connectivity index (χ0n) is 8.70. The summed E-state index contributed by atoms with van der Waals surface area (Å²) in [5.41, 5.74) is 2.42. The van der Waals surface area contributed by atoms with E-state index in [4.69, 9.17) is 5.11 Å². The van der Waals surface area contributed by atoms with Crippen molar-refractivity contribution in [3.8, 4) is 0 Å². The summed E-state index contributed by atoms with van der Waals surface area (Å²) in [4.78, 5) is 15.1. The van der Waals surface area contributed by atoms with E-state index in [9.17, 15) is 4.79 Å². The maximum Gasteiger partial charge on any atom is 0.307 e. The quantitative estimate of drug-likeness (QED) is 0.920. The van der Waals surface area contributed by atoms with Gasteiger partial charge in [0.2, 0.25) is 0 Å². The third-order valence-corrected chi connectivity index (χ3v) is 2.91. The van der Waals surface area contributed by atoms with Crippen molar-refractivity contribution >= 4 is 32.8 Å². The summed E-state index contributed by atoms with van der Waals surface area (Å²) in [6.07, 6.45) is 0.0152. The van der Waals surface area contributed by atoms with Crippen LogP contribution in [0.2, 0.25) is 0 Å². The van der Waals surface area contributed by atoms with Gasteiger partial charge in [0.25, 0.3) is 0 Å². The molecule has 16 heavy (non-hydrogen) atoms. The van der Waals surface area contributed by atoms with Crippen molar-refractivity contribution in [2.24, 2.45) is 0 Å². The number of aryl methyl sites for hydroxylation is 1. The minimum atomic E-state index is -0.834. The van der Waals surface area contributed by atoms with Crippen LogP contribution in [0.1, 0.15) is 11.3 Å². The molecular formula is C12H10BrNO2. The number of hydrogen-bond acceptors (Lipinski definition) is 2. The molecule has 0 spiro atoms. The van der Waals surface area contributed by atoms with Crippen molar-refractivity contribution in [3.05, 3.63) is 40.0 Å². The third-order valence-electron chi connectivity index (χ3n) is 2.41. The second-order valence-corrected chi connectivity index (χ2v) is 4.56. The van der Waals surface area contributed by atoms with Crippen LogP contribution >= 0.6 is 15.9 Å².